The van der Waals surface area contributed by atoms with Crippen molar-refractivity contribution in [3.8, 4) is 5.75 Å². The highest BCUT2D eigenvalue weighted by Gasteiger charge is 2.28. The van der Waals surface area contributed by atoms with Crippen LogP contribution in [-0.2, 0) is 0 Å². The Morgan fingerprint density at radius 3 is 1.68 bits per heavy atom. The average molecular weight is 330 g/mol. The number of hydrogen-bond donors (Lipinski definition) is 0. The molecule has 126 valence electrons. The molecule has 0 atom stereocenters. The van der Waals surface area contributed by atoms with Gasteiger partial charge in [-0.3, -0.25) is 0 Å². The van der Waals surface area contributed by atoms with Gasteiger partial charge < -0.3 is 14.5 Å². The van der Waals surface area contributed by atoms with Crippen molar-refractivity contribution in [2.45, 2.75) is 13.8 Å². The smallest absolute Gasteiger partial charge is 0.143 e. The van der Waals surface area contributed by atoms with Gasteiger partial charge in [-0.25, -0.2) is 0 Å². The predicted molar refractivity (Wildman–Crippen MR) is 105 cm³/mol. The van der Waals surface area contributed by atoms with E-state index in [4.69, 9.17) is 4.74 Å². The SMILES string of the molecule is COc1cc(C)c(C)cc1N1c2ccccc2N(C)c2ccccc21. The first-order valence-corrected chi connectivity index (χ1v) is 8.49. The first-order chi connectivity index (χ1) is 12.1. The molecule has 1 aliphatic heterocycles. The predicted octanol–water partition coefficient (Wildman–Crippen LogP) is 5.86. The van der Waals surface area contributed by atoms with Crippen LogP contribution in [0.2, 0.25) is 0 Å². The standard InChI is InChI=1S/C22H22N2O/c1-15-13-21(22(25-4)14-16(15)2)24-19-11-7-5-9-17(19)23(3)18-10-6-8-12-20(18)24/h5-14H,1-4H3. The lowest BCUT2D eigenvalue weighted by Crippen LogP contribution is -2.24. The number of fused-ring (bicyclic) bond motifs is 2. The number of ether oxygens (including phenoxy) is 1. The molecule has 0 unspecified atom stereocenters. The van der Waals surface area contributed by atoms with E-state index in [2.05, 4.69) is 91.4 Å². The van der Waals surface area contributed by atoms with Crippen LogP contribution in [0.3, 0.4) is 0 Å². The van der Waals surface area contributed by atoms with E-state index in [0.29, 0.717) is 0 Å². The third-order valence-electron chi connectivity index (χ3n) is 5.00. The molecule has 0 fully saturated rings. The molecule has 3 nitrogen and oxygen atoms in total. The highest BCUT2D eigenvalue weighted by atomic mass is 16.5. The zero-order valence-electron chi connectivity index (χ0n) is 15.1. The molecule has 0 aliphatic carbocycles. The molecule has 0 amide bonds. The van der Waals surface area contributed by atoms with E-state index in [9.17, 15) is 0 Å². The Balaban J connectivity index is 2.03. The fourth-order valence-electron chi connectivity index (χ4n) is 3.51. The van der Waals surface area contributed by atoms with E-state index in [1.54, 1.807) is 7.11 Å². The minimum Gasteiger partial charge on any atom is -0.495 e. The molecule has 25 heavy (non-hydrogen) atoms. The summed E-state index contributed by atoms with van der Waals surface area (Å²) in [5.74, 6) is 0.886. The number of benzene rings is 3. The second-order valence-corrected chi connectivity index (χ2v) is 6.48. The topological polar surface area (TPSA) is 15.7 Å². The Kier molecular flexibility index (Phi) is 3.65. The van der Waals surface area contributed by atoms with Gasteiger partial charge >= 0.3 is 0 Å². The summed E-state index contributed by atoms with van der Waals surface area (Å²) < 4.78 is 5.74. The van der Waals surface area contributed by atoms with Crippen LogP contribution in [0.5, 0.6) is 5.75 Å². The number of anilines is 5. The summed E-state index contributed by atoms with van der Waals surface area (Å²) in [6.07, 6.45) is 0. The van der Waals surface area contributed by atoms with Crippen LogP contribution < -0.4 is 14.5 Å². The first kappa shape index (κ1) is 15.6. The van der Waals surface area contributed by atoms with Gasteiger partial charge in [-0.2, -0.15) is 0 Å². The van der Waals surface area contributed by atoms with E-state index in [-0.39, 0.29) is 0 Å². The number of rotatable bonds is 2. The lowest BCUT2D eigenvalue weighted by Gasteiger charge is -2.39. The third kappa shape index (κ3) is 2.35. The molecule has 3 heteroatoms. The zero-order chi connectivity index (χ0) is 17.6. The molecular weight excluding hydrogens is 308 g/mol. The number of para-hydroxylation sites is 4. The van der Waals surface area contributed by atoms with Crippen molar-refractivity contribution in [1.29, 1.82) is 0 Å². The molecule has 4 rings (SSSR count). The molecule has 0 aromatic heterocycles. The maximum atomic E-state index is 5.74. The summed E-state index contributed by atoms with van der Waals surface area (Å²) in [7, 11) is 3.86. The highest BCUT2D eigenvalue weighted by Crippen LogP contribution is 2.52. The normalized spacial score (nSPS) is 12.6. The Morgan fingerprint density at radius 2 is 1.16 bits per heavy atom. The molecule has 0 N–H and O–H groups in total. The lowest BCUT2D eigenvalue weighted by molar-refractivity contribution is 0.415. The van der Waals surface area contributed by atoms with Crippen LogP contribution in [0.1, 0.15) is 11.1 Å². The second kappa shape index (κ2) is 5.85. The molecule has 0 saturated carbocycles. The number of nitrogens with zero attached hydrogens (tertiary/aromatic N) is 2. The van der Waals surface area contributed by atoms with Gasteiger partial charge in [0.15, 0.2) is 0 Å². The monoisotopic (exact) mass is 330 g/mol. The van der Waals surface area contributed by atoms with Crippen LogP contribution >= 0.6 is 0 Å². The molecule has 3 aromatic rings. The minimum absolute atomic E-state index is 0.886. The maximum Gasteiger partial charge on any atom is 0.143 e. The van der Waals surface area contributed by atoms with Crippen LogP contribution in [0.15, 0.2) is 60.7 Å². The summed E-state index contributed by atoms with van der Waals surface area (Å²) in [5.41, 5.74) is 8.23. The second-order valence-electron chi connectivity index (χ2n) is 6.48. The Labute approximate surface area is 149 Å². The molecule has 0 bridgehead atoms. The van der Waals surface area contributed by atoms with Gasteiger partial charge in [0.1, 0.15) is 5.75 Å². The quantitative estimate of drug-likeness (QED) is 0.585. The summed E-state index contributed by atoms with van der Waals surface area (Å²) in [4.78, 5) is 4.55. The van der Waals surface area contributed by atoms with E-state index < -0.39 is 0 Å². The van der Waals surface area contributed by atoms with Gasteiger partial charge in [0.2, 0.25) is 0 Å². The van der Waals surface area contributed by atoms with Crippen LogP contribution in [0.25, 0.3) is 0 Å². The fraction of sp³-hybridized carbons (Fsp3) is 0.182. The lowest BCUT2D eigenvalue weighted by atomic mass is 10.0. The van der Waals surface area contributed by atoms with Gasteiger partial charge in [-0.05, 0) is 61.4 Å². The largest absolute Gasteiger partial charge is 0.495 e. The van der Waals surface area contributed by atoms with Gasteiger partial charge in [-0.15, -0.1) is 0 Å². The van der Waals surface area contributed by atoms with Gasteiger partial charge in [0.25, 0.3) is 0 Å². The van der Waals surface area contributed by atoms with Gasteiger partial charge in [0.05, 0.1) is 35.5 Å². The van der Waals surface area contributed by atoms with Crippen LogP contribution in [0, 0.1) is 13.8 Å². The molecule has 0 spiro atoms. The molecule has 1 aliphatic rings. The minimum atomic E-state index is 0.886. The number of hydrogen-bond acceptors (Lipinski definition) is 3. The summed E-state index contributed by atoms with van der Waals surface area (Å²) in [5, 5.41) is 0. The molecule has 3 aromatic carbocycles. The van der Waals surface area contributed by atoms with E-state index >= 15 is 0 Å². The van der Waals surface area contributed by atoms with E-state index in [0.717, 1.165) is 22.8 Å². The van der Waals surface area contributed by atoms with Crippen molar-refractivity contribution in [2.75, 3.05) is 24.0 Å². The average Bonchev–Trinajstić information content (AvgIpc) is 2.64. The van der Waals surface area contributed by atoms with Gasteiger partial charge in [0, 0.05) is 7.05 Å². The Bertz CT molecular complexity index is 901. The number of aryl methyl sites for hydroxylation is 2. The summed E-state index contributed by atoms with van der Waals surface area (Å²) >= 11 is 0. The molecule has 1 heterocycles. The van der Waals surface area contributed by atoms with E-state index in [1.807, 2.05) is 0 Å². The Morgan fingerprint density at radius 1 is 0.680 bits per heavy atom. The molecule has 0 radical (unpaired) electrons. The first-order valence-electron chi connectivity index (χ1n) is 8.49. The van der Waals surface area contributed by atoms with Gasteiger partial charge in [-0.1, -0.05) is 24.3 Å². The van der Waals surface area contributed by atoms with Crippen LogP contribution in [-0.4, -0.2) is 14.2 Å². The van der Waals surface area contributed by atoms with Crippen molar-refractivity contribution in [2.24, 2.45) is 0 Å². The van der Waals surface area contributed by atoms with Crippen molar-refractivity contribution in [3.63, 3.8) is 0 Å². The summed E-state index contributed by atoms with van der Waals surface area (Å²) in [6, 6.07) is 21.3. The van der Waals surface area contributed by atoms with Crippen molar-refractivity contribution < 1.29 is 4.74 Å². The Hall–Kier alpha value is -2.94. The maximum absolute atomic E-state index is 5.74. The summed E-state index contributed by atoms with van der Waals surface area (Å²) in [6.45, 7) is 4.26. The number of methoxy groups -OCH3 is 1. The van der Waals surface area contributed by atoms with Crippen molar-refractivity contribution in [1.82, 2.24) is 0 Å². The van der Waals surface area contributed by atoms with Crippen LogP contribution in [0.4, 0.5) is 28.4 Å². The zero-order valence-corrected chi connectivity index (χ0v) is 15.1. The van der Waals surface area contributed by atoms with E-state index in [1.165, 1.54) is 22.5 Å². The third-order valence-corrected chi connectivity index (χ3v) is 5.00. The molecular formula is C22H22N2O. The molecule has 0 saturated heterocycles. The van der Waals surface area contributed by atoms with Crippen molar-refractivity contribution >= 4 is 28.4 Å². The van der Waals surface area contributed by atoms with Crippen molar-refractivity contribution in [3.05, 3.63) is 71.8 Å². The fourth-order valence-corrected chi connectivity index (χ4v) is 3.51. The highest BCUT2D eigenvalue weighted by molar-refractivity contribution is 5.98.